The lowest BCUT2D eigenvalue weighted by molar-refractivity contribution is 0.194. The summed E-state index contributed by atoms with van der Waals surface area (Å²) in [5.41, 5.74) is 0.922. The molecule has 0 fully saturated rings. The molecule has 4 nitrogen and oxygen atoms in total. The Kier molecular flexibility index (Phi) is 5.19. The van der Waals surface area contributed by atoms with Gasteiger partial charge in [-0.15, -0.1) is 0 Å². The van der Waals surface area contributed by atoms with Crippen LogP contribution in [0, 0.1) is 0 Å². The molecular formula is C12H17NO3. The maximum atomic E-state index is 10.3. The molecule has 16 heavy (non-hydrogen) atoms. The third-order valence-corrected chi connectivity index (χ3v) is 2.13. The van der Waals surface area contributed by atoms with Crippen LogP contribution in [0.25, 0.3) is 0 Å². The van der Waals surface area contributed by atoms with Crippen molar-refractivity contribution >= 4 is 6.09 Å². The Morgan fingerprint density at radius 3 is 2.62 bits per heavy atom. The Hall–Kier alpha value is -1.71. The van der Waals surface area contributed by atoms with Gasteiger partial charge in [-0.25, -0.2) is 4.79 Å². The lowest BCUT2D eigenvalue weighted by Crippen LogP contribution is -2.19. The Morgan fingerprint density at radius 2 is 2.06 bits per heavy atom. The summed E-state index contributed by atoms with van der Waals surface area (Å²) in [7, 11) is 0. The number of carboxylic acid groups (broad SMARTS) is 1. The molecular weight excluding hydrogens is 206 g/mol. The van der Waals surface area contributed by atoms with Crippen LogP contribution in [0.5, 0.6) is 5.75 Å². The third-order valence-electron chi connectivity index (χ3n) is 2.13. The number of amides is 1. The van der Waals surface area contributed by atoms with Gasteiger partial charge in [0.25, 0.3) is 0 Å². The molecule has 1 aromatic carbocycles. The van der Waals surface area contributed by atoms with E-state index in [9.17, 15) is 4.79 Å². The topological polar surface area (TPSA) is 58.6 Å². The number of unbranched alkanes of at least 4 members (excludes halogenated alkanes) is 1. The van der Waals surface area contributed by atoms with Crippen LogP contribution >= 0.6 is 0 Å². The van der Waals surface area contributed by atoms with Crippen molar-refractivity contribution in [1.29, 1.82) is 0 Å². The van der Waals surface area contributed by atoms with Crippen molar-refractivity contribution < 1.29 is 14.6 Å². The number of hydrogen-bond acceptors (Lipinski definition) is 2. The molecule has 0 radical (unpaired) electrons. The molecule has 0 aliphatic rings. The van der Waals surface area contributed by atoms with Crippen molar-refractivity contribution in [2.24, 2.45) is 0 Å². The Bertz CT molecular complexity index is 322. The third kappa shape index (κ3) is 4.68. The predicted molar refractivity (Wildman–Crippen MR) is 61.7 cm³/mol. The van der Waals surface area contributed by atoms with Crippen LogP contribution in [0.15, 0.2) is 24.3 Å². The van der Waals surface area contributed by atoms with Crippen LogP contribution in [0.3, 0.4) is 0 Å². The maximum absolute atomic E-state index is 10.3. The van der Waals surface area contributed by atoms with E-state index in [4.69, 9.17) is 9.84 Å². The van der Waals surface area contributed by atoms with Crippen LogP contribution in [0.1, 0.15) is 25.3 Å². The number of nitrogens with one attached hydrogen (secondary N) is 1. The number of benzene rings is 1. The summed E-state index contributed by atoms with van der Waals surface area (Å²) in [6.07, 6.45) is 1.14. The Morgan fingerprint density at radius 1 is 1.38 bits per heavy atom. The van der Waals surface area contributed by atoms with Crippen LogP contribution in [0.4, 0.5) is 4.79 Å². The highest BCUT2D eigenvalue weighted by Gasteiger charge is 1.97. The minimum atomic E-state index is -1.01. The van der Waals surface area contributed by atoms with Crippen molar-refractivity contribution in [2.75, 3.05) is 6.61 Å². The van der Waals surface area contributed by atoms with E-state index in [2.05, 4.69) is 12.2 Å². The minimum Gasteiger partial charge on any atom is -0.494 e. The zero-order valence-corrected chi connectivity index (χ0v) is 9.40. The van der Waals surface area contributed by atoms with Crippen LogP contribution in [0.2, 0.25) is 0 Å². The molecule has 0 aromatic heterocycles. The largest absolute Gasteiger partial charge is 0.494 e. The van der Waals surface area contributed by atoms with E-state index in [-0.39, 0.29) is 0 Å². The highest BCUT2D eigenvalue weighted by atomic mass is 16.5. The van der Waals surface area contributed by atoms with Gasteiger partial charge >= 0.3 is 6.09 Å². The molecule has 0 aliphatic carbocycles. The summed E-state index contributed by atoms with van der Waals surface area (Å²) < 4.78 is 5.49. The molecule has 88 valence electrons. The molecule has 0 atom stereocenters. The van der Waals surface area contributed by atoms with Crippen molar-refractivity contribution in [3.63, 3.8) is 0 Å². The molecule has 0 bridgehead atoms. The van der Waals surface area contributed by atoms with Crippen molar-refractivity contribution in [3.8, 4) is 5.75 Å². The second-order valence-electron chi connectivity index (χ2n) is 3.50. The van der Waals surface area contributed by atoms with Gasteiger partial charge in [-0.2, -0.15) is 0 Å². The summed E-state index contributed by atoms with van der Waals surface area (Å²) in [4.78, 5) is 10.3. The fourth-order valence-corrected chi connectivity index (χ4v) is 1.22. The van der Waals surface area contributed by atoms with Gasteiger partial charge in [0.15, 0.2) is 0 Å². The quantitative estimate of drug-likeness (QED) is 0.729. The number of ether oxygens (including phenoxy) is 1. The average molecular weight is 223 g/mol. The van der Waals surface area contributed by atoms with Crippen molar-refractivity contribution in [1.82, 2.24) is 5.32 Å². The molecule has 4 heteroatoms. The first kappa shape index (κ1) is 12.4. The van der Waals surface area contributed by atoms with E-state index in [0.717, 1.165) is 30.8 Å². The molecule has 0 saturated heterocycles. The molecule has 0 heterocycles. The zero-order chi connectivity index (χ0) is 11.8. The first-order valence-electron chi connectivity index (χ1n) is 5.41. The van der Waals surface area contributed by atoms with Gasteiger partial charge in [0, 0.05) is 6.54 Å². The second kappa shape index (κ2) is 6.71. The van der Waals surface area contributed by atoms with Gasteiger partial charge in [-0.05, 0) is 24.1 Å². The highest BCUT2D eigenvalue weighted by Crippen LogP contribution is 2.12. The van der Waals surface area contributed by atoms with E-state index < -0.39 is 6.09 Å². The summed E-state index contributed by atoms with van der Waals surface area (Å²) in [5.74, 6) is 0.826. The molecule has 2 N–H and O–H groups in total. The lowest BCUT2D eigenvalue weighted by atomic mass is 10.2. The zero-order valence-electron chi connectivity index (χ0n) is 9.40. The van der Waals surface area contributed by atoms with E-state index in [1.807, 2.05) is 24.3 Å². The monoisotopic (exact) mass is 223 g/mol. The van der Waals surface area contributed by atoms with Gasteiger partial charge in [0.05, 0.1) is 6.61 Å². The molecule has 1 amide bonds. The maximum Gasteiger partial charge on any atom is 0.404 e. The van der Waals surface area contributed by atoms with Crippen LogP contribution < -0.4 is 10.1 Å². The Balaban J connectivity index is 2.38. The molecule has 1 aromatic rings. The number of rotatable bonds is 6. The average Bonchev–Trinajstić information content (AvgIpc) is 2.28. The van der Waals surface area contributed by atoms with Gasteiger partial charge in [0.1, 0.15) is 5.75 Å². The summed E-state index contributed by atoms with van der Waals surface area (Å²) in [6, 6.07) is 7.43. The van der Waals surface area contributed by atoms with Gasteiger partial charge in [0.2, 0.25) is 0 Å². The van der Waals surface area contributed by atoms with Gasteiger partial charge in [-0.3, -0.25) is 0 Å². The molecule has 1 rings (SSSR count). The van der Waals surface area contributed by atoms with E-state index in [0.29, 0.717) is 6.54 Å². The van der Waals surface area contributed by atoms with Crippen LogP contribution in [-0.2, 0) is 6.54 Å². The van der Waals surface area contributed by atoms with E-state index >= 15 is 0 Å². The van der Waals surface area contributed by atoms with Crippen molar-refractivity contribution in [3.05, 3.63) is 29.8 Å². The minimum absolute atomic E-state index is 0.324. The summed E-state index contributed by atoms with van der Waals surface area (Å²) in [6.45, 7) is 3.16. The lowest BCUT2D eigenvalue weighted by Gasteiger charge is -2.06. The van der Waals surface area contributed by atoms with Gasteiger partial charge < -0.3 is 15.2 Å². The molecule has 0 saturated carbocycles. The Labute approximate surface area is 95.2 Å². The highest BCUT2D eigenvalue weighted by molar-refractivity contribution is 5.64. The number of hydrogen-bond donors (Lipinski definition) is 2. The SMILES string of the molecule is CCCCOc1ccc(CNC(=O)O)cc1. The normalized spacial score (nSPS) is 9.81. The first-order chi connectivity index (χ1) is 7.72. The fourth-order valence-electron chi connectivity index (χ4n) is 1.22. The number of carbonyl (C=O) groups is 1. The summed E-state index contributed by atoms with van der Waals surface area (Å²) in [5, 5.41) is 10.7. The molecule has 0 unspecified atom stereocenters. The van der Waals surface area contributed by atoms with E-state index in [1.165, 1.54) is 0 Å². The summed E-state index contributed by atoms with van der Waals surface area (Å²) >= 11 is 0. The molecule has 0 spiro atoms. The first-order valence-corrected chi connectivity index (χ1v) is 5.41. The smallest absolute Gasteiger partial charge is 0.404 e. The van der Waals surface area contributed by atoms with Crippen LogP contribution in [-0.4, -0.2) is 17.8 Å². The molecule has 0 aliphatic heterocycles. The van der Waals surface area contributed by atoms with Gasteiger partial charge in [-0.1, -0.05) is 25.5 Å². The predicted octanol–water partition coefficient (Wildman–Crippen LogP) is 2.63. The second-order valence-corrected chi connectivity index (χ2v) is 3.50. The standard InChI is InChI=1S/C12H17NO3/c1-2-3-8-16-11-6-4-10(5-7-11)9-13-12(14)15/h4-7,13H,2-3,8-9H2,1H3,(H,14,15). The van der Waals surface area contributed by atoms with E-state index in [1.54, 1.807) is 0 Å². The van der Waals surface area contributed by atoms with Crippen molar-refractivity contribution in [2.45, 2.75) is 26.3 Å². The fraction of sp³-hybridized carbons (Fsp3) is 0.417.